The third-order valence-corrected chi connectivity index (χ3v) is 3.96. The Kier molecular flexibility index (Phi) is 3.23. The summed E-state index contributed by atoms with van der Waals surface area (Å²) in [7, 11) is 0. The Bertz CT molecular complexity index is 427. The van der Waals surface area contributed by atoms with Gasteiger partial charge in [-0.2, -0.15) is 0 Å². The van der Waals surface area contributed by atoms with Gasteiger partial charge in [0.25, 0.3) is 0 Å². The van der Waals surface area contributed by atoms with Crippen LogP contribution in [-0.4, -0.2) is 13.2 Å². The number of allylic oxidation sites excluding steroid dienone is 2. The second kappa shape index (κ2) is 4.87. The minimum absolute atomic E-state index is 0.541. The summed E-state index contributed by atoms with van der Waals surface area (Å²) in [6.07, 6.45) is 8.43. The van der Waals surface area contributed by atoms with E-state index >= 15 is 0 Å². The fraction of sp³-hybridized carbons (Fsp3) is 0.500. The van der Waals surface area contributed by atoms with Crippen LogP contribution in [0.4, 0.5) is 0 Å². The summed E-state index contributed by atoms with van der Waals surface area (Å²) in [5, 5.41) is 0. The van der Waals surface area contributed by atoms with E-state index in [1.54, 1.807) is 0 Å². The Labute approximate surface area is 109 Å². The molecule has 1 aromatic carbocycles. The Morgan fingerprint density at radius 1 is 1.11 bits per heavy atom. The minimum atomic E-state index is -0.541. The topological polar surface area (TPSA) is 18.5 Å². The van der Waals surface area contributed by atoms with Gasteiger partial charge in [0, 0.05) is 11.5 Å². The molecular weight excluding hydrogens is 224 g/mol. The maximum absolute atomic E-state index is 5.68. The molecule has 0 radical (unpaired) electrons. The van der Waals surface area contributed by atoms with Crippen molar-refractivity contribution in [2.45, 2.75) is 37.9 Å². The van der Waals surface area contributed by atoms with Gasteiger partial charge in [-0.3, -0.25) is 0 Å². The first-order chi connectivity index (χ1) is 8.78. The zero-order chi connectivity index (χ0) is 12.4. The summed E-state index contributed by atoms with van der Waals surface area (Å²) < 4.78 is 11.4. The molecule has 1 unspecified atom stereocenters. The molecule has 0 spiro atoms. The second-order valence-corrected chi connectivity index (χ2v) is 5.23. The van der Waals surface area contributed by atoms with E-state index in [0.29, 0.717) is 19.1 Å². The minimum Gasteiger partial charge on any atom is -0.344 e. The van der Waals surface area contributed by atoms with Crippen LogP contribution in [0.2, 0.25) is 0 Å². The Morgan fingerprint density at radius 3 is 2.44 bits per heavy atom. The average molecular weight is 244 g/mol. The van der Waals surface area contributed by atoms with Crippen LogP contribution in [-0.2, 0) is 15.3 Å². The fourth-order valence-corrected chi connectivity index (χ4v) is 2.80. The van der Waals surface area contributed by atoms with E-state index in [9.17, 15) is 0 Å². The van der Waals surface area contributed by atoms with Crippen molar-refractivity contribution in [1.82, 2.24) is 0 Å². The lowest BCUT2D eigenvalue weighted by Gasteiger charge is -2.24. The molecule has 2 heteroatoms. The molecule has 1 fully saturated rings. The SMILES string of the molecule is CC1(c2ccc(C3C=CCCC3)cc2)OCCO1. The van der Waals surface area contributed by atoms with Crippen molar-refractivity contribution < 1.29 is 9.47 Å². The van der Waals surface area contributed by atoms with E-state index in [1.807, 2.05) is 6.92 Å². The van der Waals surface area contributed by atoms with Crippen LogP contribution < -0.4 is 0 Å². The first kappa shape index (κ1) is 11.9. The fourth-order valence-electron chi connectivity index (χ4n) is 2.80. The van der Waals surface area contributed by atoms with Gasteiger partial charge in [-0.25, -0.2) is 0 Å². The van der Waals surface area contributed by atoms with Gasteiger partial charge >= 0.3 is 0 Å². The molecule has 0 aromatic heterocycles. The van der Waals surface area contributed by atoms with Crippen LogP contribution in [0.5, 0.6) is 0 Å². The number of ether oxygens (including phenoxy) is 2. The molecule has 1 atom stereocenters. The molecule has 96 valence electrons. The highest BCUT2D eigenvalue weighted by Crippen LogP contribution is 2.33. The highest BCUT2D eigenvalue weighted by Gasteiger charge is 2.32. The average Bonchev–Trinajstić information content (AvgIpc) is 2.88. The van der Waals surface area contributed by atoms with E-state index in [0.717, 1.165) is 5.56 Å². The first-order valence-corrected chi connectivity index (χ1v) is 6.83. The lowest BCUT2D eigenvalue weighted by Crippen LogP contribution is -2.22. The largest absolute Gasteiger partial charge is 0.344 e. The van der Waals surface area contributed by atoms with Gasteiger partial charge < -0.3 is 9.47 Å². The number of hydrogen-bond acceptors (Lipinski definition) is 2. The van der Waals surface area contributed by atoms with E-state index in [1.165, 1.54) is 24.8 Å². The zero-order valence-corrected chi connectivity index (χ0v) is 10.9. The summed E-state index contributed by atoms with van der Waals surface area (Å²) in [6.45, 7) is 3.36. The van der Waals surface area contributed by atoms with Gasteiger partial charge in [-0.15, -0.1) is 0 Å². The molecule has 3 rings (SSSR count). The summed E-state index contributed by atoms with van der Waals surface area (Å²) >= 11 is 0. The number of hydrogen-bond donors (Lipinski definition) is 0. The van der Waals surface area contributed by atoms with E-state index in [-0.39, 0.29) is 0 Å². The number of benzene rings is 1. The van der Waals surface area contributed by atoms with Crippen molar-refractivity contribution in [1.29, 1.82) is 0 Å². The summed E-state index contributed by atoms with van der Waals surface area (Å²) in [4.78, 5) is 0. The quantitative estimate of drug-likeness (QED) is 0.738. The van der Waals surface area contributed by atoms with E-state index in [2.05, 4.69) is 36.4 Å². The molecule has 1 aliphatic carbocycles. The lowest BCUT2D eigenvalue weighted by molar-refractivity contribution is -0.149. The molecule has 2 aliphatic rings. The third-order valence-electron chi connectivity index (χ3n) is 3.96. The Hall–Kier alpha value is -1.12. The first-order valence-electron chi connectivity index (χ1n) is 6.83. The molecule has 0 amide bonds. The Balaban J connectivity index is 1.80. The highest BCUT2D eigenvalue weighted by molar-refractivity contribution is 5.30. The van der Waals surface area contributed by atoms with E-state index < -0.39 is 5.79 Å². The van der Waals surface area contributed by atoms with Gasteiger partial charge in [0.15, 0.2) is 5.79 Å². The zero-order valence-electron chi connectivity index (χ0n) is 10.9. The highest BCUT2D eigenvalue weighted by atomic mass is 16.7. The second-order valence-electron chi connectivity index (χ2n) is 5.23. The molecule has 1 aromatic rings. The predicted molar refractivity (Wildman–Crippen MR) is 71.4 cm³/mol. The molecular formula is C16H20O2. The summed E-state index contributed by atoms with van der Waals surface area (Å²) in [6, 6.07) is 8.71. The van der Waals surface area contributed by atoms with Crippen molar-refractivity contribution in [3.63, 3.8) is 0 Å². The van der Waals surface area contributed by atoms with Crippen LogP contribution in [0.1, 0.15) is 43.2 Å². The molecule has 2 nitrogen and oxygen atoms in total. The van der Waals surface area contributed by atoms with Gasteiger partial charge in [0.2, 0.25) is 0 Å². The van der Waals surface area contributed by atoms with Crippen LogP contribution >= 0.6 is 0 Å². The summed E-state index contributed by atoms with van der Waals surface area (Å²) in [5.74, 6) is 0.0482. The lowest BCUT2D eigenvalue weighted by atomic mass is 9.88. The van der Waals surface area contributed by atoms with Crippen LogP contribution in [0, 0.1) is 0 Å². The molecule has 0 bridgehead atoms. The van der Waals surface area contributed by atoms with Crippen molar-refractivity contribution in [3.8, 4) is 0 Å². The molecule has 18 heavy (non-hydrogen) atoms. The molecule has 1 saturated heterocycles. The summed E-state index contributed by atoms with van der Waals surface area (Å²) in [5.41, 5.74) is 2.51. The van der Waals surface area contributed by atoms with Crippen molar-refractivity contribution in [2.75, 3.05) is 13.2 Å². The smallest absolute Gasteiger partial charge is 0.192 e. The van der Waals surface area contributed by atoms with Gasteiger partial charge in [-0.1, -0.05) is 36.4 Å². The standard InChI is InChI=1S/C16H20O2/c1-16(17-11-12-18-16)15-9-7-14(8-10-15)13-5-3-2-4-6-13/h3,5,7-10,13H,2,4,6,11-12H2,1H3. The molecule has 0 N–H and O–H groups in total. The number of rotatable bonds is 2. The van der Waals surface area contributed by atoms with Gasteiger partial charge in [0.05, 0.1) is 13.2 Å². The monoisotopic (exact) mass is 244 g/mol. The van der Waals surface area contributed by atoms with E-state index in [4.69, 9.17) is 9.47 Å². The van der Waals surface area contributed by atoms with Crippen molar-refractivity contribution in [3.05, 3.63) is 47.5 Å². The van der Waals surface area contributed by atoms with Crippen LogP contribution in [0.25, 0.3) is 0 Å². The normalized spacial score (nSPS) is 26.4. The molecule has 0 saturated carbocycles. The van der Waals surface area contributed by atoms with Gasteiger partial charge in [0.1, 0.15) is 0 Å². The third kappa shape index (κ3) is 2.23. The molecule has 1 aliphatic heterocycles. The maximum Gasteiger partial charge on any atom is 0.192 e. The maximum atomic E-state index is 5.68. The van der Waals surface area contributed by atoms with Crippen LogP contribution in [0.15, 0.2) is 36.4 Å². The Morgan fingerprint density at radius 2 is 1.83 bits per heavy atom. The molecule has 1 heterocycles. The predicted octanol–water partition coefficient (Wildman–Crippen LogP) is 3.73. The van der Waals surface area contributed by atoms with Crippen molar-refractivity contribution >= 4 is 0 Å². The van der Waals surface area contributed by atoms with Crippen LogP contribution in [0.3, 0.4) is 0 Å². The van der Waals surface area contributed by atoms with Gasteiger partial charge in [-0.05, 0) is 31.7 Å². The van der Waals surface area contributed by atoms with Crippen molar-refractivity contribution in [2.24, 2.45) is 0 Å².